The molecule has 33 heavy (non-hydrogen) atoms. The summed E-state index contributed by atoms with van der Waals surface area (Å²) in [4.78, 5) is 30.2. The van der Waals surface area contributed by atoms with Gasteiger partial charge in [0.2, 0.25) is 0 Å². The molecule has 3 aromatic carbocycles. The average molecular weight is 503 g/mol. The van der Waals surface area contributed by atoms with Crippen LogP contribution in [-0.2, 0) is 4.79 Å². The molecule has 0 fully saturated rings. The van der Waals surface area contributed by atoms with Gasteiger partial charge in [0.05, 0.1) is 22.7 Å². The number of halogens is 1. The Hall–Kier alpha value is -3.51. The summed E-state index contributed by atoms with van der Waals surface area (Å²) in [6.07, 6.45) is 0. The van der Waals surface area contributed by atoms with E-state index in [1.807, 2.05) is 80.6 Å². The maximum absolute atomic E-state index is 13.5. The van der Waals surface area contributed by atoms with E-state index in [0.717, 1.165) is 26.9 Å². The molecule has 0 saturated heterocycles. The van der Waals surface area contributed by atoms with Crippen LogP contribution < -0.4 is 5.32 Å². The molecule has 1 amide bonds. The van der Waals surface area contributed by atoms with E-state index < -0.39 is 11.9 Å². The van der Waals surface area contributed by atoms with E-state index in [1.54, 1.807) is 6.07 Å². The van der Waals surface area contributed by atoms with E-state index in [2.05, 4.69) is 21.2 Å². The minimum Gasteiger partial charge on any atom is -0.481 e. The third kappa shape index (κ3) is 4.81. The van der Waals surface area contributed by atoms with Crippen LogP contribution in [0.4, 0.5) is 0 Å². The number of aromatic nitrogens is 1. The molecule has 0 radical (unpaired) electrons. The summed E-state index contributed by atoms with van der Waals surface area (Å²) in [5.74, 6) is -2.15. The Kier molecular flexibility index (Phi) is 6.56. The van der Waals surface area contributed by atoms with Gasteiger partial charge in [-0.2, -0.15) is 0 Å². The van der Waals surface area contributed by atoms with Crippen LogP contribution in [-0.4, -0.2) is 28.5 Å². The number of rotatable bonds is 6. The molecule has 166 valence electrons. The second kappa shape index (κ2) is 9.55. The summed E-state index contributed by atoms with van der Waals surface area (Å²) in [5.41, 5.74) is 5.20. The maximum atomic E-state index is 13.5. The number of carbonyl (C=O) groups is 2. The molecule has 2 N–H and O–H groups in total. The first-order chi connectivity index (χ1) is 15.8. The summed E-state index contributed by atoms with van der Waals surface area (Å²) >= 11 is 3.49. The second-order valence-electron chi connectivity index (χ2n) is 8.00. The molecule has 0 aliphatic rings. The van der Waals surface area contributed by atoms with E-state index in [0.29, 0.717) is 22.0 Å². The number of nitrogens with zero attached hydrogens (tertiary/aromatic N) is 1. The van der Waals surface area contributed by atoms with Crippen molar-refractivity contribution in [2.45, 2.75) is 19.8 Å². The van der Waals surface area contributed by atoms with Crippen LogP contribution in [0, 0.1) is 13.8 Å². The molecule has 0 spiro atoms. The Balaban J connectivity index is 1.74. The fourth-order valence-corrected chi connectivity index (χ4v) is 4.38. The van der Waals surface area contributed by atoms with Gasteiger partial charge in [0, 0.05) is 22.0 Å². The van der Waals surface area contributed by atoms with Crippen LogP contribution in [0.1, 0.15) is 33.0 Å². The molecule has 4 rings (SSSR count). The molecule has 6 heteroatoms. The van der Waals surface area contributed by atoms with Gasteiger partial charge in [-0.25, -0.2) is 4.98 Å². The van der Waals surface area contributed by atoms with E-state index in [9.17, 15) is 14.7 Å². The molecule has 0 aliphatic carbocycles. The number of carbonyl (C=O) groups excluding carboxylic acids is 1. The van der Waals surface area contributed by atoms with Gasteiger partial charge < -0.3 is 10.4 Å². The Morgan fingerprint density at radius 2 is 1.76 bits per heavy atom. The number of aryl methyl sites for hydroxylation is 1. The highest BCUT2D eigenvalue weighted by Crippen LogP contribution is 2.31. The van der Waals surface area contributed by atoms with Crippen LogP contribution in [0.3, 0.4) is 0 Å². The number of carboxylic acid groups (broad SMARTS) is 1. The molecule has 0 saturated carbocycles. The van der Waals surface area contributed by atoms with Gasteiger partial charge in [-0.15, -0.1) is 0 Å². The van der Waals surface area contributed by atoms with Crippen molar-refractivity contribution in [1.29, 1.82) is 0 Å². The number of carboxylic acids is 1. The topological polar surface area (TPSA) is 79.3 Å². The summed E-state index contributed by atoms with van der Waals surface area (Å²) in [6.45, 7) is 3.77. The summed E-state index contributed by atoms with van der Waals surface area (Å²) in [5, 5.41) is 13.4. The molecule has 0 bridgehead atoms. The zero-order valence-corrected chi connectivity index (χ0v) is 19.9. The Labute approximate surface area is 200 Å². The van der Waals surface area contributed by atoms with Crippen LogP contribution in [0.15, 0.2) is 77.3 Å². The Bertz CT molecular complexity index is 1350. The number of hydrogen-bond donors (Lipinski definition) is 2. The quantitative estimate of drug-likeness (QED) is 0.345. The predicted octanol–water partition coefficient (Wildman–Crippen LogP) is 5.88. The van der Waals surface area contributed by atoms with Crippen LogP contribution >= 0.6 is 15.9 Å². The average Bonchev–Trinajstić information content (AvgIpc) is 2.79. The number of aliphatic carboxylic acids is 1. The minimum atomic E-state index is -0.982. The summed E-state index contributed by atoms with van der Waals surface area (Å²) in [7, 11) is 0. The van der Waals surface area contributed by atoms with E-state index in [-0.39, 0.29) is 12.5 Å². The van der Waals surface area contributed by atoms with Crippen LogP contribution in [0.5, 0.6) is 0 Å². The van der Waals surface area contributed by atoms with Gasteiger partial charge in [-0.3, -0.25) is 9.59 Å². The summed E-state index contributed by atoms with van der Waals surface area (Å²) in [6, 6.07) is 22.7. The van der Waals surface area contributed by atoms with E-state index >= 15 is 0 Å². The lowest BCUT2D eigenvalue weighted by Gasteiger charge is -2.17. The third-order valence-electron chi connectivity index (χ3n) is 5.67. The van der Waals surface area contributed by atoms with Crippen molar-refractivity contribution < 1.29 is 14.7 Å². The van der Waals surface area contributed by atoms with Gasteiger partial charge in [0.15, 0.2) is 0 Å². The third-order valence-corrected chi connectivity index (χ3v) is 6.17. The lowest BCUT2D eigenvalue weighted by atomic mass is 9.95. The van der Waals surface area contributed by atoms with Gasteiger partial charge in [0.25, 0.3) is 5.91 Å². The van der Waals surface area contributed by atoms with Crippen molar-refractivity contribution in [3.8, 4) is 11.3 Å². The highest BCUT2D eigenvalue weighted by molar-refractivity contribution is 9.10. The molecule has 5 nitrogen and oxygen atoms in total. The first-order valence-electron chi connectivity index (χ1n) is 10.6. The fraction of sp³-hybridized carbons (Fsp3) is 0.148. The lowest BCUT2D eigenvalue weighted by molar-refractivity contribution is -0.138. The van der Waals surface area contributed by atoms with Crippen molar-refractivity contribution in [2.75, 3.05) is 6.54 Å². The fourth-order valence-electron chi connectivity index (χ4n) is 4.02. The highest BCUT2D eigenvalue weighted by atomic mass is 79.9. The number of pyridine rings is 1. The van der Waals surface area contributed by atoms with E-state index in [1.165, 1.54) is 0 Å². The first kappa shape index (κ1) is 22.7. The highest BCUT2D eigenvalue weighted by Gasteiger charge is 2.24. The van der Waals surface area contributed by atoms with Gasteiger partial charge >= 0.3 is 5.97 Å². The number of amides is 1. The molecular formula is C27H23BrN2O3. The number of nitrogens with one attached hydrogen (secondary N) is 1. The second-order valence-corrected chi connectivity index (χ2v) is 8.92. The zero-order chi connectivity index (χ0) is 23.5. The zero-order valence-electron chi connectivity index (χ0n) is 18.3. The predicted molar refractivity (Wildman–Crippen MR) is 134 cm³/mol. The molecule has 1 atom stereocenters. The smallest absolute Gasteiger partial charge is 0.312 e. The largest absolute Gasteiger partial charge is 0.481 e. The van der Waals surface area contributed by atoms with Crippen LogP contribution in [0.2, 0.25) is 0 Å². The first-order valence-corrected chi connectivity index (χ1v) is 11.4. The Morgan fingerprint density at radius 1 is 1.00 bits per heavy atom. The minimum absolute atomic E-state index is 0.0183. The lowest BCUT2D eigenvalue weighted by Crippen LogP contribution is -2.32. The molecule has 0 unspecified atom stereocenters. The summed E-state index contributed by atoms with van der Waals surface area (Å²) < 4.78 is 0.834. The van der Waals surface area contributed by atoms with Crippen molar-refractivity contribution in [2.24, 2.45) is 0 Å². The van der Waals surface area contributed by atoms with Crippen molar-refractivity contribution in [3.05, 3.63) is 99.5 Å². The maximum Gasteiger partial charge on any atom is 0.312 e. The molecule has 0 aliphatic heterocycles. The molecular weight excluding hydrogens is 480 g/mol. The van der Waals surface area contributed by atoms with Gasteiger partial charge in [-0.1, -0.05) is 76.1 Å². The molecule has 4 aromatic rings. The molecule has 1 heterocycles. The number of fused-ring (bicyclic) bond motifs is 1. The van der Waals surface area contributed by atoms with E-state index in [4.69, 9.17) is 4.98 Å². The number of benzene rings is 3. The van der Waals surface area contributed by atoms with Crippen molar-refractivity contribution in [3.63, 3.8) is 0 Å². The van der Waals surface area contributed by atoms with Gasteiger partial charge in [0.1, 0.15) is 0 Å². The SMILES string of the molecule is Cc1cccc([C@@H](CNC(=O)c2c(C)c(-c3ccccc3)nc3ccc(Br)cc23)C(=O)O)c1. The van der Waals surface area contributed by atoms with Gasteiger partial charge in [-0.05, 0) is 43.2 Å². The standard InChI is InChI=1S/C27H23BrN2O3/c1-16-7-6-10-19(13-16)22(27(32)33)15-29-26(31)24-17(2)25(18-8-4-3-5-9-18)30-23-12-11-20(28)14-21(23)24/h3-14,22H,15H2,1-2H3,(H,29,31)(H,32,33)/t22-/m1/s1. The van der Waals surface area contributed by atoms with Crippen molar-refractivity contribution >= 4 is 38.7 Å². The normalized spacial score (nSPS) is 11.8. The Morgan fingerprint density at radius 3 is 2.45 bits per heavy atom. The van der Waals surface area contributed by atoms with Crippen molar-refractivity contribution in [1.82, 2.24) is 10.3 Å². The monoisotopic (exact) mass is 502 g/mol. The molecule has 1 aromatic heterocycles. The van der Waals surface area contributed by atoms with Crippen LogP contribution in [0.25, 0.3) is 22.2 Å². The number of hydrogen-bond acceptors (Lipinski definition) is 3.